The highest BCUT2D eigenvalue weighted by Gasteiger charge is 2.06. The highest BCUT2D eigenvalue weighted by Crippen LogP contribution is 2.31. The molecule has 2 N–H and O–H groups in total. The van der Waals surface area contributed by atoms with Gasteiger partial charge in [0.05, 0.1) is 10.2 Å². The first-order valence-electron chi connectivity index (χ1n) is 6.05. The van der Waals surface area contributed by atoms with Gasteiger partial charge in [0, 0.05) is 32.0 Å². The molecule has 19 heavy (non-hydrogen) atoms. The van der Waals surface area contributed by atoms with Gasteiger partial charge in [-0.3, -0.25) is 4.79 Å². The average molecular weight is 295 g/mol. The van der Waals surface area contributed by atoms with E-state index in [9.17, 15) is 4.79 Å². The van der Waals surface area contributed by atoms with E-state index in [1.165, 1.54) is 0 Å². The molecule has 0 spiro atoms. The molecule has 0 aliphatic carbocycles. The summed E-state index contributed by atoms with van der Waals surface area (Å²) in [4.78, 5) is 17.6. The van der Waals surface area contributed by atoms with E-state index in [0.29, 0.717) is 6.42 Å². The molecule has 0 saturated heterocycles. The monoisotopic (exact) mass is 295 g/mol. The number of rotatable bonds is 5. The number of benzene rings is 1. The smallest absolute Gasteiger partial charge is 0.222 e. The molecular formula is C13H17N3OS2. The zero-order valence-corrected chi connectivity index (χ0v) is 12.7. The quantitative estimate of drug-likeness (QED) is 0.523. The number of aromatic nitrogens is 1. The summed E-state index contributed by atoms with van der Waals surface area (Å²) < 4.78 is 2.16. The predicted octanol–water partition coefficient (Wildman–Crippen LogP) is 2.84. The second-order valence-corrected chi connectivity index (χ2v) is 6.82. The Morgan fingerprint density at radius 1 is 1.47 bits per heavy atom. The van der Waals surface area contributed by atoms with E-state index in [1.807, 2.05) is 18.2 Å². The predicted molar refractivity (Wildman–Crippen MR) is 82.7 cm³/mol. The van der Waals surface area contributed by atoms with Gasteiger partial charge in [0.1, 0.15) is 0 Å². The number of amides is 1. The molecule has 1 heterocycles. The molecule has 0 bridgehead atoms. The SMILES string of the molecule is CN(C)C(=O)CCCSc1nc2ccc(N)cc2s1. The molecule has 0 unspecified atom stereocenters. The van der Waals surface area contributed by atoms with Gasteiger partial charge in [-0.2, -0.15) is 0 Å². The lowest BCUT2D eigenvalue weighted by Gasteiger charge is -2.08. The molecule has 6 heteroatoms. The zero-order chi connectivity index (χ0) is 13.8. The number of thiazole rings is 1. The van der Waals surface area contributed by atoms with Crippen molar-refractivity contribution in [1.82, 2.24) is 9.88 Å². The summed E-state index contributed by atoms with van der Waals surface area (Å²) in [6, 6.07) is 5.76. The maximum absolute atomic E-state index is 11.4. The number of hydrogen-bond donors (Lipinski definition) is 1. The van der Waals surface area contributed by atoms with Crippen LogP contribution in [0.1, 0.15) is 12.8 Å². The first-order valence-corrected chi connectivity index (χ1v) is 7.85. The lowest BCUT2D eigenvalue weighted by molar-refractivity contribution is -0.128. The Labute approximate surface area is 121 Å². The largest absolute Gasteiger partial charge is 0.399 e. The Hall–Kier alpha value is -1.27. The Morgan fingerprint density at radius 2 is 2.26 bits per heavy atom. The van der Waals surface area contributed by atoms with Crippen LogP contribution >= 0.6 is 23.1 Å². The molecule has 0 radical (unpaired) electrons. The molecule has 1 aromatic heterocycles. The fourth-order valence-electron chi connectivity index (χ4n) is 1.59. The number of nitrogen functional groups attached to an aromatic ring is 1. The van der Waals surface area contributed by atoms with Crippen molar-refractivity contribution in [1.29, 1.82) is 0 Å². The van der Waals surface area contributed by atoms with Crippen LogP contribution in [-0.4, -0.2) is 35.6 Å². The first-order chi connectivity index (χ1) is 9.06. The number of nitrogens with two attached hydrogens (primary N) is 1. The maximum atomic E-state index is 11.4. The Morgan fingerprint density at radius 3 is 3.00 bits per heavy atom. The highest BCUT2D eigenvalue weighted by molar-refractivity contribution is 8.01. The van der Waals surface area contributed by atoms with Crippen LogP contribution in [0.25, 0.3) is 10.2 Å². The lowest BCUT2D eigenvalue weighted by atomic mass is 10.3. The molecule has 4 nitrogen and oxygen atoms in total. The first kappa shape index (κ1) is 14.1. The van der Waals surface area contributed by atoms with Crippen molar-refractivity contribution in [2.45, 2.75) is 17.2 Å². The van der Waals surface area contributed by atoms with Crippen molar-refractivity contribution < 1.29 is 4.79 Å². The number of fused-ring (bicyclic) bond motifs is 1. The highest BCUT2D eigenvalue weighted by atomic mass is 32.2. The number of carbonyl (C=O) groups excluding carboxylic acids is 1. The van der Waals surface area contributed by atoms with Crippen LogP contribution in [0.5, 0.6) is 0 Å². The lowest BCUT2D eigenvalue weighted by Crippen LogP contribution is -2.21. The molecule has 0 aliphatic rings. The van der Waals surface area contributed by atoms with Crippen molar-refractivity contribution in [2.75, 3.05) is 25.6 Å². The van der Waals surface area contributed by atoms with E-state index in [1.54, 1.807) is 42.1 Å². The van der Waals surface area contributed by atoms with Crippen LogP contribution in [0.4, 0.5) is 5.69 Å². The number of carbonyl (C=O) groups is 1. The van der Waals surface area contributed by atoms with Crippen LogP contribution in [0.2, 0.25) is 0 Å². The Bertz CT molecular complexity index is 580. The van der Waals surface area contributed by atoms with E-state index in [2.05, 4.69) is 4.98 Å². The summed E-state index contributed by atoms with van der Waals surface area (Å²) in [7, 11) is 3.57. The van der Waals surface area contributed by atoms with Crippen molar-refractivity contribution in [3.05, 3.63) is 18.2 Å². The van der Waals surface area contributed by atoms with Gasteiger partial charge < -0.3 is 10.6 Å². The normalized spacial score (nSPS) is 10.8. The molecule has 1 amide bonds. The van der Waals surface area contributed by atoms with Crippen LogP contribution in [-0.2, 0) is 4.79 Å². The third kappa shape index (κ3) is 3.84. The van der Waals surface area contributed by atoms with Crippen molar-refractivity contribution in [2.24, 2.45) is 0 Å². The van der Waals surface area contributed by atoms with E-state index < -0.39 is 0 Å². The van der Waals surface area contributed by atoms with Gasteiger partial charge in [-0.1, -0.05) is 11.8 Å². The van der Waals surface area contributed by atoms with E-state index in [-0.39, 0.29) is 5.91 Å². The number of hydrogen-bond acceptors (Lipinski definition) is 5. The molecule has 1 aromatic carbocycles. The van der Waals surface area contributed by atoms with Gasteiger partial charge in [-0.05, 0) is 24.6 Å². The van der Waals surface area contributed by atoms with Gasteiger partial charge in [0.15, 0.2) is 4.34 Å². The Kier molecular flexibility index (Phi) is 4.66. The maximum Gasteiger partial charge on any atom is 0.222 e. The Balaban J connectivity index is 1.86. The molecule has 0 aliphatic heterocycles. The summed E-state index contributed by atoms with van der Waals surface area (Å²) in [6.45, 7) is 0. The van der Waals surface area contributed by atoms with E-state index >= 15 is 0 Å². The van der Waals surface area contributed by atoms with E-state index in [4.69, 9.17) is 5.73 Å². The van der Waals surface area contributed by atoms with E-state index in [0.717, 1.165) is 32.4 Å². The fourth-order valence-corrected chi connectivity index (χ4v) is 3.71. The minimum atomic E-state index is 0.178. The van der Waals surface area contributed by atoms with Crippen LogP contribution in [0.3, 0.4) is 0 Å². The van der Waals surface area contributed by atoms with Crippen molar-refractivity contribution in [3.8, 4) is 0 Å². The van der Waals surface area contributed by atoms with Gasteiger partial charge in [-0.25, -0.2) is 4.98 Å². The standard InChI is InChI=1S/C13H17N3OS2/c1-16(2)12(17)4-3-7-18-13-15-10-6-5-9(14)8-11(10)19-13/h5-6,8H,3-4,7,14H2,1-2H3. The van der Waals surface area contributed by atoms with Gasteiger partial charge >= 0.3 is 0 Å². The molecule has 0 fully saturated rings. The average Bonchev–Trinajstić information content (AvgIpc) is 2.75. The third-order valence-electron chi connectivity index (χ3n) is 2.65. The third-order valence-corrected chi connectivity index (χ3v) is 4.90. The minimum Gasteiger partial charge on any atom is -0.399 e. The summed E-state index contributed by atoms with van der Waals surface area (Å²) >= 11 is 3.35. The summed E-state index contributed by atoms with van der Waals surface area (Å²) in [6.07, 6.45) is 1.47. The second kappa shape index (κ2) is 6.25. The van der Waals surface area contributed by atoms with Crippen LogP contribution in [0, 0.1) is 0 Å². The summed E-state index contributed by atoms with van der Waals surface area (Å²) in [5.41, 5.74) is 7.51. The fraction of sp³-hybridized carbons (Fsp3) is 0.385. The molecule has 2 rings (SSSR count). The molecule has 0 saturated carbocycles. The second-order valence-electron chi connectivity index (χ2n) is 4.45. The van der Waals surface area contributed by atoms with Gasteiger partial charge in [-0.15, -0.1) is 11.3 Å². The van der Waals surface area contributed by atoms with Gasteiger partial charge in [0.2, 0.25) is 5.91 Å². The zero-order valence-electron chi connectivity index (χ0n) is 11.0. The summed E-state index contributed by atoms with van der Waals surface area (Å²) in [5.74, 6) is 1.09. The van der Waals surface area contributed by atoms with Crippen LogP contribution in [0.15, 0.2) is 22.5 Å². The van der Waals surface area contributed by atoms with Crippen LogP contribution < -0.4 is 5.73 Å². The number of thioether (sulfide) groups is 1. The topological polar surface area (TPSA) is 59.2 Å². The molecule has 0 atom stereocenters. The molecule has 102 valence electrons. The van der Waals surface area contributed by atoms with Crippen molar-refractivity contribution >= 4 is 44.9 Å². The molecular weight excluding hydrogens is 278 g/mol. The molecule has 2 aromatic rings. The number of anilines is 1. The van der Waals surface area contributed by atoms with Crippen molar-refractivity contribution in [3.63, 3.8) is 0 Å². The van der Waals surface area contributed by atoms with Gasteiger partial charge in [0.25, 0.3) is 0 Å². The minimum absolute atomic E-state index is 0.178. The summed E-state index contributed by atoms with van der Waals surface area (Å²) in [5, 5.41) is 0. The number of nitrogens with zero attached hydrogens (tertiary/aromatic N) is 2.